The highest BCUT2D eigenvalue weighted by molar-refractivity contribution is 8.08. The predicted molar refractivity (Wildman–Crippen MR) is 102 cm³/mol. The lowest BCUT2D eigenvalue weighted by Gasteiger charge is -2.19. The minimum absolute atomic E-state index is 0.0574. The van der Waals surface area contributed by atoms with Gasteiger partial charge in [0.1, 0.15) is 30.2 Å². The molecule has 4 unspecified atom stereocenters. The first-order valence-corrected chi connectivity index (χ1v) is 13.5. The Morgan fingerprint density at radius 3 is 2.42 bits per heavy atom. The summed E-state index contributed by atoms with van der Waals surface area (Å²) >= 11 is 3.97. The fourth-order valence-electron chi connectivity index (χ4n) is 2.62. The lowest BCUT2D eigenvalue weighted by atomic mass is 10.1. The number of nitrogens with two attached hydrogens (primary N) is 1. The summed E-state index contributed by atoms with van der Waals surface area (Å²) in [4.78, 5) is 48.2. The maximum absolute atomic E-state index is 11.9. The zero-order valence-electron chi connectivity index (χ0n) is 14.9. The van der Waals surface area contributed by atoms with E-state index in [9.17, 15) is 29.1 Å². The van der Waals surface area contributed by atoms with Gasteiger partial charge in [-0.3, -0.25) is 9.09 Å². The molecule has 21 heteroatoms. The number of imidazole rings is 1. The number of ether oxygens (including phenoxy) is 1. The van der Waals surface area contributed by atoms with Gasteiger partial charge in [-0.05, 0) is 11.8 Å². The molecule has 0 bridgehead atoms. The van der Waals surface area contributed by atoms with Crippen LogP contribution in [0.3, 0.4) is 0 Å². The highest BCUT2D eigenvalue weighted by Crippen LogP contribution is 2.66. The monoisotopic (exact) mass is 523 g/mol. The Balaban J connectivity index is 1.69. The fraction of sp³-hybridized carbons (Fsp3) is 0.500. The van der Waals surface area contributed by atoms with Crippen molar-refractivity contribution in [3.05, 3.63) is 12.7 Å². The number of aliphatic hydroxyl groups is 2. The number of aliphatic hydroxyl groups excluding tert-OH is 2. The number of nitrogen functional groups attached to an aromatic ring is 1. The van der Waals surface area contributed by atoms with E-state index in [4.69, 9.17) is 20.3 Å². The van der Waals surface area contributed by atoms with E-state index in [1.165, 1.54) is 10.9 Å². The number of rotatable bonds is 8. The van der Waals surface area contributed by atoms with Gasteiger partial charge in [-0.2, -0.15) is 4.31 Å². The van der Waals surface area contributed by atoms with Crippen molar-refractivity contribution in [3.63, 3.8) is 0 Å². The highest BCUT2D eigenvalue weighted by Gasteiger charge is 2.46. The average molecular weight is 523 g/mol. The Hall–Kier alpha value is -0.940. The molecule has 8 N–H and O–H groups in total. The van der Waals surface area contributed by atoms with Crippen molar-refractivity contribution in [1.82, 2.24) is 19.5 Å². The van der Waals surface area contributed by atoms with Crippen LogP contribution in [0.1, 0.15) is 6.23 Å². The van der Waals surface area contributed by atoms with Crippen LogP contribution in [0.25, 0.3) is 11.2 Å². The van der Waals surface area contributed by atoms with Crippen LogP contribution in [0.2, 0.25) is 0 Å². The zero-order chi connectivity index (χ0) is 23.2. The molecular weight excluding hydrogens is 507 g/mol. The van der Waals surface area contributed by atoms with Gasteiger partial charge in [0.25, 0.3) is 0 Å². The number of phosphoric acid groups is 2. The third kappa shape index (κ3) is 5.90. The molecular formula is C10H16N5O12P3S. The number of anilines is 1. The number of hydrogen-bond donors (Lipinski definition) is 7. The van der Waals surface area contributed by atoms with Crippen molar-refractivity contribution < 1.29 is 56.8 Å². The van der Waals surface area contributed by atoms with E-state index in [2.05, 4.69) is 39.9 Å². The Kier molecular flexibility index (Phi) is 6.99. The maximum Gasteiger partial charge on any atom is 0.488 e. The second-order valence-corrected chi connectivity index (χ2v) is 11.9. The Labute approximate surface area is 177 Å². The summed E-state index contributed by atoms with van der Waals surface area (Å²) in [5.74, 6) is 0.0574. The second-order valence-electron chi connectivity index (χ2n) is 6.02. The van der Waals surface area contributed by atoms with Crippen molar-refractivity contribution in [2.24, 2.45) is 0 Å². The number of hydrogen-bond acceptors (Lipinski definition) is 13. The molecule has 1 aliphatic rings. The molecule has 0 spiro atoms. The van der Waals surface area contributed by atoms with Crippen LogP contribution >= 0.6 is 22.4 Å². The highest BCUT2D eigenvalue weighted by atomic mass is 32.5. The minimum Gasteiger partial charge on any atom is -0.387 e. The normalized spacial score (nSPS) is 28.5. The third-order valence-corrected chi connectivity index (χ3v) is 8.22. The Morgan fingerprint density at radius 2 is 1.77 bits per heavy atom. The summed E-state index contributed by atoms with van der Waals surface area (Å²) in [5.41, 5.74) is 6.05. The van der Waals surface area contributed by atoms with Crippen molar-refractivity contribution in [1.29, 1.82) is 0 Å². The van der Waals surface area contributed by atoms with Crippen molar-refractivity contribution in [2.45, 2.75) is 24.5 Å². The molecule has 0 amide bonds. The topological polar surface area (TPSA) is 262 Å². The quantitative estimate of drug-likeness (QED) is 0.194. The summed E-state index contributed by atoms with van der Waals surface area (Å²) < 4.78 is 42.1. The van der Waals surface area contributed by atoms with Crippen molar-refractivity contribution in [2.75, 3.05) is 12.3 Å². The molecule has 2 aromatic heterocycles. The summed E-state index contributed by atoms with van der Waals surface area (Å²) in [6.45, 7) is -5.61. The Bertz CT molecular complexity index is 1110. The van der Waals surface area contributed by atoms with E-state index in [-0.39, 0.29) is 17.0 Å². The van der Waals surface area contributed by atoms with E-state index < -0.39 is 53.5 Å². The van der Waals surface area contributed by atoms with Crippen LogP contribution in [0, 0.1) is 0 Å². The summed E-state index contributed by atoms with van der Waals surface area (Å²) in [7, 11) is -10.8. The van der Waals surface area contributed by atoms with Crippen molar-refractivity contribution in [3.8, 4) is 0 Å². The van der Waals surface area contributed by atoms with Crippen LogP contribution < -0.4 is 5.73 Å². The molecule has 31 heavy (non-hydrogen) atoms. The molecule has 1 fully saturated rings. The lowest BCUT2D eigenvalue weighted by Crippen LogP contribution is -2.33. The van der Waals surface area contributed by atoms with E-state index in [1.807, 2.05) is 0 Å². The number of nitrogens with zero attached hydrogens (tertiary/aromatic N) is 4. The molecule has 174 valence electrons. The molecule has 2 aromatic rings. The number of aromatic nitrogens is 4. The standard InChI is InChI=1S/C10H16N5O12P3S/c11-8-5-9(13-2-12-8)15(3-14-5)10-7(17)6(16)4(25-10)1-24-28(18,19)26-29(20,21)27-30(22,23)31/h2-4,6-7,10,16-17H,1H2,(H,18,19)(H,20,21)(H2,11,12,13)(H2,22,23,31)/t4?,6-,7-,10?/m1/s1. The molecule has 0 aliphatic carbocycles. The summed E-state index contributed by atoms with van der Waals surface area (Å²) in [6, 6.07) is 0. The SMILES string of the molecule is Nc1ncnc2c1ncn2C1OC(COP(=O)(O)OP(=O)(O)OP(O)(O)=S)[C@@H](O)[C@H]1O. The van der Waals surface area contributed by atoms with Gasteiger partial charge in [0.05, 0.1) is 12.9 Å². The second kappa shape index (κ2) is 8.78. The molecule has 0 radical (unpaired) electrons. The first-order valence-electron chi connectivity index (χ1n) is 7.92. The van der Waals surface area contributed by atoms with Crippen LogP contribution in [0.4, 0.5) is 5.82 Å². The van der Waals surface area contributed by atoms with Gasteiger partial charge < -0.3 is 40.3 Å². The molecule has 3 heterocycles. The first-order chi connectivity index (χ1) is 14.2. The van der Waals surface area contributed by atoms with E-state index in [0.29, 0.717) is 0 Å². The predicted octanol–water partition coefficient (Wildman–Crippen LogP) is -1.51. The summed E-state index contributed by atoms with van der Waals surface area (Å²) in [5, 5.41) is 20.5. The Morgan fingerprint density at radius 1 is 1.10 bits per heavy atom. The molecule has 3 rings (SSSR count). The van der Waals surface area contributed by atoms with E-state index >= 15 is 0 Å². The van der Waals surface area contributed by atoms with E-state index in [1.54, 1.807) is 0 Å². The van der Waals surface area contributed by atoms with Crippen LogP contribution in [0.5, 0.6) is 0 Å². The average Bonchev–Trinajstić information content (AvgIpc) is 3.13. The van der Waals surface area contributed by atoms with E-state index in [0.717, 1.165) is 6.33 Å². The van der Waals surface area contributed by atoms with Gasteiger partial charge in [-0.25, -0.2) is 28.4 Å². The maximum atomic E-state index is 11.9. The fourth-order valence-corrected chi connectivity index (χ4v) is 6.41. The number of phosphoric ester groups is 1. The largest absolute Gasteiger partial charge is 0.488 e. The first kappa shape index (κ1) is 24.7. The molecule has 0 aromatic carbocycles. The molecule has 1 aliphatic heterocycles. The zero-order valence-corrected chi connectivity index (χ0v) is 18.4. The minimum atomic E-state index is -5.49. The van der Waals surface area contributed by atoms with Crippen LogP contribution in [-0.4, -0.2) is 74.2 Å². The van der Waals surface area contributed by atoms with Gasteiger partial charge in [0.2, 0.25) is 0 Å². The van der Waals surface area contributed by atoms with Gasteiger partial charge in [-0.15, -0.1) is 0 Å². The van der Waals surface area contributed by atoms with Crippen LogP contribution in [-0.2, 0) is 38.8 Å². The molecule has 0 saturated carbocycles. The molecule has 17 nitrogen and oxygen atoms in total. The van der Waals surface area contributed by atoms with Crippen molar-refractivity contribution >= 4 is 51.2 Å². The molecule has 1 saturated heterocycles. The lowest BCUT2D eigenvalue weighted by molar-refractivity contribution is -0.0503. The van der Waals surface area contributed by atoms with Gasteiger partial charge in [0, 0.05) is 0 Å². The molecule has 6 atom stereocenters. The third-order valence-electron chi connectivity index (χ3n) is 3.82. The smallest absolute Gasteiger partial charge is 0.387 e. The van der Waals surface area contributed by atoms with Crippen LogP contribution in [0.15, 0.2) is 12.7 Å². The number of fused-ring (bicyclic) bond motifs is 1. The summed E-state index contributed by atoms with van der Waals surface area (Å²) in [6.07, 6.45) is -3.53. The van der Waals surface area contributed by atoms with Gasteiger partial charge in [-0.1, -0.05) is 0 Å². The van der Waals surface area contributed by atoms with Gasteiger partial charge >= 0.3 is 22.4 Å². The van der Waals surface area contributed by atoms with Gasteiger partial charge in [0.15, 0.2) is 17.7 Å².